The lowest BCUT2D eigenvalue weighted by molar-refractivity contribution is -0.323. The molecule has 1 aliphatic carbocycles. The molecule has 0 bridgehead atoms. The van der Waals surface area contributed by atoms with Gasteiger partial charge in [-0.3, -0.25) is 4.74 Å². The van der Waals surface area contributed by atoms with E-state index in [-0.39, 0.29) is 13.2 Å². The average Bonchev–Trinajstić information content (AvgIpc) is 2.22. The lowest BCUT2D eigenvalue weighted by atomic mass is 9.78. The van der Waals surface area contributed by atoms with E-state index in [9.17, 15) is 13.2 Å². The molecule has 0 fully saturated rings. The first-order valence-corrected chi connectivity index (χ1v) is 5.55. The summed E-state index contributed by atoms with van der Waals surface area (Å²) in [6.45, 7) is 0.592. The van der Waals surface area contributed by atoms with E-state index < -0.39 is 6.36 Å². The molecular formula is C12H14F3NO. The maximum atomic E-state index is 11.7. The first kappa shape index (κ1) is 12.4. The lowest BCUT2D eigenvalue weighted by Gasteiger charge is -2.30. The van der Waals surface area contributed by atoms with Crippen molar-refractivity contribution in [3.05, 3.63) is 35.4 Å². The Kier molecular flexibility index (Phi) is 3.69. The number of benzene rings is 1. The van der Waals surface area contributed by atoms with Gasteiger partial charge in [-0.1, -0.05) is 24.3 Å². The van der Waals surface area contributed by atoms with E-state index >= 15 is 0 Å². The summed E-state index contributed by atoms with van der Waals surface area (Å²) in [5.41, 5.74) is 2.64. The summed E-state index contributed by atoms with van der Waals surface area (Å²) in [6, 6.07) is 8.13. The number of hydrogen-bond acceptors (Lipinski definition) is 2. The Morgan fingerprint density at radius 2 is 2.06 bits per heavy atom. The highest BCUT2D eigenvalue weighted by atomic mass is 19.4. The zero-order valence-electron chi connectivity index (χ0n) is 9.26. The van der Waals surface area contributed by atoms with Gasteiger partial charge in [0.15, 0.2) is 0 Å². The molecule has 0 radical (unpaired) electrons. The lowest BCUT2D eigenvalue weighted by Crippen LogP contribution is -2.32. The summed E-state index contributed by atoms with van der Waals surface area (Å²) in [5.74, 6) is 0.428. The first-order chi connectivity index (χ1) is 8.06. The van der Waals surface area contributed by atoms with E-state index in [0.29, 0.717) is 12.5 Å². The molecule has 1 N–H and O–H groups in total. The molecule has 0 heterocycles. The molecule has 17 heavy (non-hydrogen) atoms. The Morgan fingerprint density at radius 3 is 2.76 bits per heavy atom. The number of ether oxygens (including phenoxy) is 1. The van der Waals surface area contributed by atoms with Crippen LogP contribution in [0.15, 0.2) is 24.3 Å². The highest BCUT2D eigenvalue weighted by Crippen LogP contribution is 2.33. The van der Waals surface area contributed by atoms with Gasteiger partial charge < -0.3 is 5.32 Å². The van der Waals surface area contributed by atoms with Gasteiger partial charge >= 0.3 is 6.36 Å². The number of fused-ring (bicyclic) bond motifs is 1. The van der Waals surface area contributed by atoms with Crippen LogP contribution in [-0.2, 0) is 11.2 Å². The molecule has 1 atom stereocenters. The minimum Gasteiger partial charge on any atom is -0.314 e. The second-order valence-electron chi connectivity index (χ2n) is 4.10. The van der Waals surface area contributed by atoms with E-state index in [0.717, 1.165) is 6.42 Å². The van der Waals surface area contributed by atoms with Crippen LogP contribution in [0.5, 0.6) is 0 Å². The van der Waals surface area contributed by atoms with E-state index in [1.807, 2.05) is 12.1 Å². The van der Waals surface area contributed by atoms with Crippen LogP contribution in [0.3, 0.4) is 0 Å². The Balaban J connectivity index is 1.62. The van der Waals surface area contributed by atoms with Crippen LogP contribution >= 0.6 is 0 Å². The van der Waals surface area contributed by atoms with Crippen molar-refractivity contribution in [3.63, 3.8) is 0 Å². The van der Waals surface area contributed by atoms with Crippen molar-refractivity contribution in [1.82, 2.24) is 5.32 Å². The zero-order valence-corrected chi connectivity index (χ0v) is 9.26. The van der Waals surface area contributed by atoms with Crippen molar-refractivity contribution in [2.75, 3.05) is 19.7 Å². The van der Waals surface area contributed by atoms with Gasteiger partial charge in [-0.25, -0.2) is 0 Å². The van der Waals surface area contributed by atoms with Crippen molar-refractivity contribution in [2.24, 2.45) is 0 Å². The Bertz CT molecular complexity index is 378. The first-order valence-electron chi connectivity index (χ1n) is 5.55. The van der Waals surface area contributed by atoms with Crippen LogP contribution in [0.2, 0.25) is 0 Å². The van der Waals surface area contributed by atoms with E-state index in [1.54, 1.807) is 0 Å². The topological polar surface area (TPSA) is 21.3 Å². The highest BCUT2D eigenvalue weighted by Gasteiger charge is 2.28. The summed E-state index contributed by atoms with van der Waals surface area (Å²) in [5, 5.41) is 2.98. The van der Waals surface area contributed by atoms with Crippen LogP contribution in [-0.4, -0.2) is 26.1 Å². The van der Waals surface area contributed by atoms with Gasteiger partial charge in [0.05, 0.1) is 6.61 Å². The normalized spacial score (nSPS) is 18.6. The monoisotopic (exact) mass is 245 g/mol. The van der Waals surface area contributed by atoms with Crippen molar-refractivity contribution in [1.29, 1.82) is 0 Å². The summed E-state index contributed by atoms with van der Waals surface area (Å²) in [7, 11) is 0. The van der Waals surface area contributed by atoms with Gasteiger partial charge in [0.1, 0.15) is 0 Å². The maximum absolute atomic E-state index is 11.7. The molecule has 1 aromatic carbocycles. The molecule has 2 rings (SSSR count). The summed E-state index contributed by atoms with van der Waals surface area (Å²) in [6.07, 6.45) is -3.52. The molecule has 2 nitrogen and oxygen atoms in total. The van der Waals surface area contributed by atoms with Gasteiger partial charge in [-0.2, -0.15) is 0 Å². The van der Waals surface area contributed by atoms with Crippen molar-refractivity contribution in [3.8, 4) is 0 Å². The molecular weight excluding hydrogens is 231 g/mol. The largest absolute Gasteiger partial charge is 0.522 e. The molecule has 1 aromatic rings. The van der Waals surface area contributed by atoms with E-state index in [2.05, 4.69) is 22.2 Å². The molecule has 5 heteroatoms. The van der Waals surface area contributed by atoms with Crippen molar-refractivity contribution in [2.45, 2.75) is 18.7 Å². The van der Waals surface area contributed by atoms with Crippen molar-refractivity contribution >= 4 is 0 Å². The van der Waals surface area contributed by atoms with Gasteiger partial charge in [-0.15, -0.1) is 13.2 Å². The standard InChI is InChI=1S/C12H14F3NO/c13-12(14,15)17-6-5-16-8-10-7-9-3-1-2-4-11(9)10/h1-4,10,16H,5-8H2. The van der Waals surface area contributed by atoms with Crippen LogP contribution in [0.4, 0.5) is 13.2 Å². The van der Waals surface area contributed by atoms with Gasteiger partial charge in [0.25, 0.3) is 0 Å². The fourth-order valence-corrected chi connectivity index (χ4v) is 2.06. The van der Waals surface area contributed by atoms with Crippen LogP contribution in [0.25, 0.3) is 0 Å². The molecule has 1 unspecified atom stereocenters. The molecule has 94 valence electrons. The molecule has 0 aromatic heterocycles. The van der Waals surface area contributed by atoms with Crippen LogP contribution < -0.4 is 5.32 Å². The molecule has 1 aliphatic rings. The van der Waals surface area contributed by atoms with Gasteiger partial charge in [0, 0.05) is 19.0 Å². The molecule has 0 amide bonds. The Morgan fingerprint density at radius 1 is 1.29 bits per heavy atom. The maximum Gasteiger partial charge on any atom is 0.522 e. The molecule has 0 aliphatic heterocycles. The highest BCUT2D eigenvalue weighted by molar-refractivity contribution is 5.40. The van der Waals surface area contributed by atoms with E-state index in [4.69, 9.17) is 0 Å². The molecule has 0 spiro atoms. The zero-order chi connectivity index (χ0) is 12.3. The SMILES string of the molecule is FC(F)(F)OCCNCC1Cc2ccccc21. The number of rotatable bonds is 5. The third-order valence-electron chi connectivity index (χ3n) is 2.90. The molecule has 0 saturated carbocycles. The van der Waals surface area contributed by atoms with Crippen LogP contribution in [0, 0.1) is 0 Å². The third kappa shape index (κ3) is 3.44. The van der Waals surface area contributed by atoms with Crippen LogP contribution in [0.1, 0.15) is 17.0 Å². The Labute approximate surface area is 97.8 Å². The Hall–Kier alpha value is -1.07. The smallest absolute Gasteiger partial charge is 0.314 e. The second kappa shape index (κ2) is 5.06. The second-order valence-corrected chi connectivity index (χ2v) is 4.10. The third-order valence-corrected chi connectivity index (χ3v) is 2.90. The summed E-state index contributed by atoms with van der Waals surface area (Å²) < 4.78 is 38.7. The average molecular weight is 245 g/mol. The van der Waals surface area contributed by atoms with Crippen molar-refractivity contribution < 1.29 is 17.9 Å². The summed E-state index contributed by atoms with van der Waals surface area (Å²) in [4.78, 5) is 0. The number of halogens is 3. The predicted molar refractivity (Wildman–Crippen MR) is 57.8 cm³/mol. The fourth-order valence-electron chi connectivity index (χ4n) is 2.06. The van der Waals surface area contributed by atoms with Gasteiger partial charge in [0.2, 0.25) is 0 Å². The number of hydrogen-bond donors (Lipinski definition) is 1. The fraction of sp³-hybridized carbons (Fsp3) is 0.500. The minimum absolute atomic E-state index is 0.220. The van der Waals surface area contributed by atoms with Gasteiger partial charge in [-0.05, 0) is 17.5 Å². The predicted octanol–water partition coefficient (Wildman–Crippen LogP) is 2.45. The summed E-state index contributed by atoms with van der Waals surface area (Å²) >= 11 is 0. The minimum atomic E-state index is -4.52. The molecule has 0 saturated heterocycles. The number of alkyl halides is 3. The number of nitrogens with one attached hydrogen (secondary N) is 1. The quantitative estimate of drug-likeness (QED) is 0.804. The van der Waals surface area contributed by atoms with E-state index in [1.165, 1.54) is 11.1 Å².